The summed E-state index contributed by atoms with van der Waals surface area (Å²) in [4.78, 5) is 21.4. The zero-order chi connectivity index (χ0) is 15.8. The highest BCUT2D eigenvalue weighted by atomic mass is 32.1. The Bertz CT molecular complexity index is 778. The highest BCUT2D eigenvalue weighted by Crippen LogP contribution is 2.35. The third kappa shape index (κ3) is 2.86. The molecular weight excluding hydrogens is 332 g/mol. The number of rotatable bonds is 2. The largest absolute Gasteiger partial charge is 0.494 e. The molecule has 0 spiro atoms. The minimum absolute atomic E-state index is 0.0902. The summed E-state index contributed by atoms with van der Waals surface area (Å²) in [6, 6.07) is 2.17. The normalized spacial score (nSPS) is 17.1. The first-order chi connectivity index (χ1) is 11.2. The van der Waals surface area contributed by atoms with Crippen LogP contribution in [0.5, 0.6) is 0 Å². The van der Waals surface area contributed by atoms with E-state index in [4.69, 9.17) is 9.47 Å². The molecule has 0 saturated heterocycles. The lowest BCUT2D eigenvalue weighted by molar-refractivity contribution is -0.133. The monoisotopic (exact) mass is 348 g/mol. The summed E-state index contributed by atoms with van der Waals surface area (Å²) in [5, 5.41) is 3.16. The van der Waals surface area contributed by atoms with Crippen LogP contribution in [0.2, 0.25) is 0 Å². The van der Waals surface area contributed by atoms with E-state index < -0.39 is 0 Å². The molecule has 2 aliphatic rings. The number of aryl methyl sites for hydroxylation is 1. The fraction of sp³-hybridized carbons (Fsp3) is 0.375. The van der Waals surface area contributed by atoms with E-state index in [9.17, 15) is 4.79 Å². The number of ether oxygens (including phenoxy) is 2. The van der Waals surface area contributed by atoms with Gasteiger partial charge in [-0.25, -0.2) is 4.98 Å². The van der Waals surface area contributed by atoms with Crippen molar-refractivity contribution < 1.29 is 14.3 Å². The van der Waals surface area contributed by atoms with Crippen LogP contribution in [0.25, 0.3) is 10.6 Å². The van der Waals surface area contributed by atoms with Crippen LogP contribution in [-0.4, -0.2) is 35.5 Å². The molecule has 0 unspecified atom stereocenters. The van der Waals surface area contributed by atoms with Crippen LogP contribution in [0.4, 0.5) is 0 Å². The second-order valence-corrected chi connectivity index (χ2v) is 7.69. The van der Waals surface area contributed by atoms with E-state index in [0.29, 0.717) is 32.1 Å². The molecule has 4 heterocycles. The Kier molecular flexibility index (Phi) is 3.82. The molecule has 0 saturated carbocycles. The Morgan fingerprint density at radius 1 is 1.39 bits per heavy atom. The number of hydrogen-bond donors (Lipinski definition) is 0. The molecule has 2 aromatic heterocycles. The highest BCUT2D eigenvalue weighted by Gasteiger charge is 2.27. The number of thiophene rings is 1. The van der Waals surface area contributed by atoms with Gasteiger partial charge in [0.05, 0.1) is 15.6 Å². The summed E-state index contributed by atoms with van der Waals surface area (Å²) in [6.45, 7) is 4.28. The van der Waals surface area contributed by atoms with Gasteiger partial charge in [-0.2, -0.15) is 0 Å². The maximum atomic E-state index is 12.5. The maximum Gasteiger partial charge on any atom is 0.292 e. The van der Waals surface area contributed by atoms with Crippen LogP contribution < -0.4 is 0 Å². The van der Waals surface area contributed by atoms with Crippen LogP contribution in [-0.2, 0) is 27.2 Å². The van der Waals surface area contributed by atoms with Crippen LogP contribution in [0.1, 0.15) is 15.4 Å². The van der Waals surface area contributed by atoms with Crippen molar-refractivity contribution in [1.29, 1.82) is 0 Å². The molecule has 0 atom stereocenters. The van der Waals surface area contributed by atoms with Crippen LogP contribution in [0.3, 0.4) is 0 Å². The smallest absolute Gasteiger partial charge is 0.292 e. The molecule has 0 bridgehead atoms. The van der Waals surface area contributed by atoms with Crippen molar-refractivity contribution in [3.63, 3.8) is 0 Å². The second-order valence-electron chi connectivity index (χ2n) is 5.49. The summed E-state index contributed by atoms with van der Waals surface area (Å²) in [7, 11) is 0. The number of thiazole rings is 1. The van der Waals surface area contributed by atoms with Crippen molar-refractivity contribution in [2.45, 2.75) is 19.9 Å². The lowest BCUT2D eigenvalue weighted by atomic mass is 10.1. The molecule has 23 heavy (non-hydrogen) atoms. The first-order valence-electron chi connectivity index (χ1n) is 7.48. The highest BCUT2D eigenvalue weighted by molar-refractivity contribution is 7.16. The summed E-state index contributed by atoms with van der Waals surface area (Å²) in [5.74, 6) is 0.220. The van der Waals surface area contributed by atoms with Gasteiger partial charge in [-0.3, -0.25) is 4.79 Å². The van der Waals surface area contributed by atoms with Gasteiger partial charge in [0.25, 0.3) is 5.91 Å². The van der Waals surface area contributed by atoms with Gasteiger partial charge in [0.2, 0.25) is 5.76 Å². The van der Waals surface area contributed by atoms with Crippen LogP contribution in [0, 0.1) is 6.92 Å². The Labute approximate surface area is 142 Å². The molecule has 0 aliphatic carbocycles. The number of carbonyl (C=O) groups is 1. The zero-order valence-electron chi connectivity index (χ0n) is 12.7. The number of aromatic nitrogens is 1. The third-order valence-corrected chi connectivity index (χ3v) is 5.92. The van der Waals surface area contributed by atoms with Gasteiger partial charge >= 0.3 is 0 Å². The minimum Gasteiger partial charge on any atom is -0.494 e. The third-order valence-electron chi connectivity index (χ3n) is 3.89. The van der Waals surface area contributed by atoms with Gasteiger partial charge in [0.1, 0.15) is 19.5 Å². The number of fused-ring (bicyclic) bond motifs is 1. The minimum atomic E-state index is -0.0902. The predicted molar refractivity (Wildman–Crippen MR) is 89.3 cm³/mol. The van der Waals surface area contributed by atoms with E-state index in [2.05, 4.69) is 16.4 Å². The molecule has 2 aromatic rings. The Balaban J connectivity index is 1.54. The van der Waals surface area contributed by atoms with Gasteiger partial charge < -0.3 is 14.4 Å². The van der Waals surface area contributed by atoms with Gasteiger partial charge in [-0.05, 0) is 25.0 Å². The van der Waals surface area contributed by atoms with Gasteiger partial charge in [0, 0.05) is 23.3 Å². The van der Waals surface area contributed by atoms with Crippen LogP contribution in [0.15, 0.2) is 23.5 Å². The first kappa shape index (κ1) is 14.7. The van der Waals surface area contributed by atoms with Crippen molar-refractivity contribution in [1.82, 2.24) is 9.88 Å². The Morgan fingerprint density at radius 2 is 2.30 bits per heavy atom. The quantitative estimate of drug-likeness (QED) is 0.837. The second kappa shape index (κ2) is 5.98. The number of amides is 1. The van der Waals surface area contributed by atoms with E-state index in [1.54, 1.807) is 22.7 Å². The van der Waals surface area contributed by atoms with Gasteiger partial charge in [-0.15, -0.1) is 22.7 Å². The van der Waals surface area contributed by atoms with Crippen molar-refractivity contribution in [3.8, 4) is 10.6 Å². The maximum absolute atomic E-state index is 12.5. The molecule has 2 aliphatic heterocycles. The summed E-state index contributed by atoms with van der Waals surface area (Å²) in [6.07, 6.45) is 2.31. The molecule has 7 heteroatoms. The van der Waals surface area contributed by atoms with E-state index in [0.717, 1.165) is 17.1 Å². The standard InChI is InChI=1S/C16H16N2O3S2/c1-10-17-12(9-22-10)15-6-11-7-18(3-2-14(11)23-15)16(19)13-8-20-4-5-21-13/h6,8-9H,2-5,7H2,1H3. The van der Waals surface area contributed by atoms with Gasteiger partial charge in [0.15, 0.2) is 0 Å². The number of carbonyl (C=O) groups excluding carboxylic acids is 1. The van der Waals surface area contributed by atoms with Crippen molar-refractivity contribution in [2.75, 3.05) is 19.8 Å². The summed E-state index contributed by atoms with van der Waals surface area (Å²) in [5.41, 5.74) is 2.25. The lowest BCUT2D eigenvalue weighted by Crippen LogP contribution is -2.37. The number of nitrogens with zero attached hydrogens (tertiary/aromatic N) is 2. The Hall–Kier alpha value is -1.86. The molecule has 120 valence electrons. The molecule has 1 amide bonds. The van der Waals surface area contributed by atoms with Gasteiger partial charge in [-0.1, -0.05) is 0 Å². The first-order valence-corrected chi connectivity index (χ1v) is 9.18. The van der Waals surface area contributed by atoms with Crippen molar-refractivity contribution in [3.05, 3.63) is 38.9 Å². The number of hydrogen-bond acceptors (Lipinski definition) is 6. The molecule has 4 rings (SSSR count). The summed E-state index contributed by atoms with van der Waals surface area (Å²) < 4.78 is 10.6. The van der Waals surface area contributed by atoms with Crippen molar-refractivity contribution in [2.24, 2.45) is 0 Å². The summed E-state index contributed by atoms with van der Waals surface area (Å²) >= 11 is 3.45. The predicted octanol–water partition coefficient (Wildman–Crippen LogP) is 2.95. The average Bonchev–Trinajstić information content (AvgIpc) is 3.20. The van der Waals surface area contributed by atoms with Crippen molar-refractivity contribution >= 4 is 28.6 Å². The molecule has 0 aromatic carbocycles. The topological polar surface area (TPSA) is 51.7 Å². The van der Waals surface area contributed by atoms with E-state index in [1.165, 1.54) is 21.6 Å². The molecule has 0 fully saturated rings. The fourth-order valence-electron chi connectivity index (χ4n) is 2.75. The molecule has 5 nitrogen and oxygen atoms in total. The van der Waals surface area contributed by atoms with E-state index in [-0.39, 0.29) is 5.91 Å². The van der Waals surface area contributed by atoms with Crippen LogP contribution >= 0.6 is 22.7 Å². The fourth-order valence-corrected chi connectivity index (χ4v) is 4.56. The zero-order valence-corrected chi connectivity index (χ0v) is 14.3. The lowest BCUT2D eigenvalue weighted by Gasteiger charge is -2.28. The SMILES string of the molecule is Cc1nc(-c2cc3c(s2)CCN(C(=O)C2=COCCO2)C3)cs1. The Morgan fingerprint density at radius 3 is 3.04 bits per heavy atom. The molecule has 0 N–H and O–H groups in total. The molecular formula is C16H16N2O3S2. The van der Waals surface area contributed by atoms with E-state index in [1.807, 2.05) is 11.8 Å². The molecule has 0 radical (unpaired) electrons. The average molecular weight is 348 g/mol. The van der Waals surface area contributed by atoms with E-state index >= 15 is 0 Å².